The van der Waals surface area contributed by atoms with Gasteiger partial charge in [0.2, 0.25) is 0 Å². The Hall–Kier alpha value is -3.55. The molecule has 8 nitrogen and oxygen atoms in total. The van der Waals surface area contributed by atoms with E-state index in [4.69, 9.17) is 14.2 Å². The van der Waals surface area contributed by atoms with Crippen molar-refractivity contribution in [1.29, 1.82) is 0 Å². The number of fused-ring (bicyclic) bond motifs is 1. The quantitative estimate of drug-likeness (QED) is 0.627. The van der Waals surface area contributed by atoms with Crippen LogP contribution in [-0.2, 0) is 11.3 Å². The van der Waals surface area contributed by atoms with Gasteiger partial charge in [0.05, 0.1) is 38.0 Å². The highest BCUT2D eigenvalue weighted by Gasteiger charge is 2.25. The molecule has 0 N–H and O–H groups in total. The fourth-order valence-corrected chi connectivity index (χ4v) is 3.78. The zero-order valence-electron chi connectivity index (χ0n) is 17.6. The van der Waals surface area contributed by atoms with E-state index < -0.39 is 0 Å². The Morgan fingerprint density at radius 2 is 1.84 bits per heavy atom. The largest absolute Gasteiger partial charge is 0.493 e. The van der Waals surface area contributed by atoms with Gasteiger partial charge in [0.1, 0.15) is 6.10 Å². The van der Waals surface area contributed by atoms with E-state index in [1.54, 1.807) is 35.0 Å². The molecule has 0 saturated carbocycles. The zero-order valence-corrected chi connectivity index (χ0v) is 17.6. The number of carbonyl (C=O) groups is 1. The van der Waals surface area contributed by atoms with Crippen LogP contribution >= 0.6 is 0 Å². The number of rotatable bonds is 5. The summed E-state index contributed by atoms with van der Waals surface area (Å²) in [7, 11) is 2.94. The molecule has 2 heterocycles. The first-order valence-electron chi connectivity index (χ1n) is 10.2. The number of hydrogen-bond acceptors (Lipinski definition) is 6. The minimum absolute atomic E-state index is 0.0875. The van der Waals surface area contributed by atoms with Gasteiger partial charge in [-0.2, -0.15) is 0 Å². The summed E-state index contributed by atoms with van der Waals surface area (Å²) >= 11 is 0. The van der Waals surface area contributed by atoms with Gasteiger partial charge >= 0.3 is 6.09 Å². The monoisotopic (exact) mass is 423 g/mol. The number of aromatic nitrogens is 2. The van der Waals surface area contributed by atoms with Crippen molar-refractivity contribution < 1.29 is 19.0 Å². The lowest BCUT2D eigenvalue weighted by Crippen LogP contribution is -2.41. The lowest BCUT2D eigenvalue weighted by Gasteiger charge is -2.31. The average molecular weight is 423 g/mol. The van der Waals surface area contributed by atoms with E-state index in [9.17, 15) is 9.59 Å². The molecule has 1 amide bonds. The molecule has 3 aromatic rings. The highest BCUT2D eigenvalue weighted by Crippen LogP contribution is 2.32. The van der Waals surface area contributed by atoms with Crippen molar-refractivity contribution in [3.8, 4) is 11.5 Å². The topological polar surface area (TPSA) is 82.9 Å². The summed E-state index contributed by atoms with van der Waals surface area (Å²) in [6, 6.07) is 13.2. The number of likely N-dealkylation sites (tertiary alicyclic amines) is 1. The minimum Gasteiger partial charge on any atom is -0.493 e. The second kappa shape index (κ2) is 9.07. The molecular formula is C23H25N3O5. The lowest BCUT2D eigenvalue weighted by molar-refractivity contribution is 0.0779. The Balaban J connectivity index is 1.59. The van der Waals surface area contributed by atoms with Gasteiger partial charge in [0.25, 0.3) is 5.56 Å². The summed E-state index contributed by atoms with van der Waals surface area (Å²) in [5.41, 5.74) is 1.44. The molecule has 4 rings (SSSR count). The van der Waals surface area contributed by atoms with Gasteiger partial charge in [0.15, 0.2) is 11.5 Å². The van der Waals surface area contributed by atoms with Crippen LogP contribution in [0.1, 0.15) is 18.4 Å². The van der Waals surface area contributed by atoms with Crippen LogP contribution in [0.2, 0.25) is 0 Å². The van der Waals surface area contributed by atoms with Crippen LogP contribution in [0.15, 0.2) is 53.6 Å². The molecule has 1 aliphatic rings. The number of benzene rings is 2. The molecule has 1 aromatic heterocycles. The van der Waals surface area contributed by atoms with E-state index in [1.165, 1.54) is 7.11 Å². The smallest absolute Gasteiger partial charge is 0.409 e. The molecule has 0 bridgehead atoms. The second-order valence-corrected chi connectivity index (χ2v) is 7.46. The number of piperidine rings is 1. The summed E-state index contributed by atoms with van der Waals surface area (Å²) in [6.07, 6.45) is 2.48. The predicted molar refractivity (Wildman–Crippen MR) is 116 cm³/mol. The highest BCUT2D eigenvalue weighted by atomic mass is 16.5. The number of amides is 1. The van der Waals surface area contributed by atoms with Crippen molar-refractivity contribution in [3.05, 3.63) is 64.7 Å². The Morgan fingerprint density at radius 1 is 1.10 bits per heavy atom. The van der Waals surface area contributed by atoms with E-state index >= 15 is 0 Å². The maximum Gasteiger partial charge on any atom is 0.409 e. The molecule has 1 saturated heterocycles. The SMILES string of the molecule is COC(=O)N1CCC(Oc2cc3c(=O)n(Cc4ccccc4)cnc3cc2OC)CC1. The highest BCUT2D eigenvalue weighted by molar-refractivity contribution is 5.81. The fraction of sp³-hybridized carbons (Fsp3) is 0.348. The van der Waals surface area contributed by atoms with E-state index in [1.807, 2.05) is 30.3 Å². The molecule has 2 aromatic carbocycles. The van der Waals surface area contributed by atoms with Gasteiger partial charge in [-0.1, -0.05) is 30.3 Å². The van der Waals surface area contributed by atoms with Crippen LogP contribution in [0.3, 0.4) is 0 Å². The molecule has 1 aliphatic heterocycles. The molecule has 0 radical (unpaired) electrons. The third kappa shape index (κ3) is 4.47. The molecule has 8 heteroatoms. The summed E-state index contributed by atoms with van der Waals surface area (Å²) in [6.45, 7) is 1.55. The van der Waals surface area contributed by atoms with Crippen molar-refractivity contribution in [2.45, 2.75) is 25.5 Å². The summed E-state index contributed by atoms with van der Waals surface area (Å²) in [5, 5.41) is 0.473. The zero-order chi connectivity index (χ0) is 21.8. The van der Waals surface area contributed by atoms with Crippen LogP contribution < -0.4 is 15.0 Å². The summed E-state index contributed by atoms with van der Waals surface area (Å²) in [4.78, 5) is 30.9. The Bertz CT molecular complexity index is 1120. The van der Waals surface area contributed by atoms with E-state index in [2.05, 4.69) is 4.98 Å². The van der Waals surface area contributed by atoms with Gasteiger partial charge in [0, 0.05) is 32.0 Å². The molecule has 0 atom stereocenters. The second-order valence-electron chi connectivity index (χ2n) is 7.46. The number of methoxy groups -OCH3 is 2. The molecule has 1 fully saturated rings. The van der Waals surface area contributed by atoms with Crippen molar-refractivity contribution in [3.63, 3.8) is 0 Å². The third-order valence-electron chi connectivity index (χ3n) is 5.47. The number of ether oxygens (including phenoxy) is 3. The fourth-order valence-electron chi connectivity index (χ4n) is 3.78. The molecule has 31 heavy (non-hydrogen) atoms. The number of hydrogen-bond donors (Lipinski definition) is 0. The molecule has 0 unspecified atom stereocenters. The maximum atomic E-state index is 13.1. The van der Waals surface area contributed by atoms with Gasteiger partial charge in [-0.15, -0.1) is 0 Å². The van der Waals surface area contributed by atoms with Crippen LogP contribution in [-0.4, -0.2) is 54.0 Å². The van der Waals surface area contributed by atoms with Crippen LogP contribution in [0.25, 0.3) is 10.9 Å². The molecule has 162 valence electrons. The lowest BCUT2D eigenvalue weighted by atomic mass is 10.1. The van der Waals surface area contributed by atoms with Gasteiger partial charge < -0.3 is 19.1 Å². The first-order chi connectivity index (χ1) is 15.1. The maximum absolute atomic E-state index is 13.1. The average Bonchev–Trinajstić information content (AvgIpc) is 2.81. The first kappa shape index (κ1) is 20.7. The summed E-state index contributed by atoms with van der Waals surface area (Å²) in [5.74, 6) is 1.03. The molecule has 0 spiro atoms. The minimum atomic E-state index is -0.327. The van der Waals surface area contributed by atoms with Crippen LogP contribution in [0, 0.1) is 0 Å². The molecule has 0 aliphatic carbocycles. The number of carbonyl (C=O) groups excluding carboxylic acids is 1. The normalized spacial score (nSPS) is 14.5. The van der Waals surface area contributed by atoms with Gasteiger partial charge in [-0.3, -0.25) is 9.36 Å². The predicted octanol–water partition coefficient (Wildman–Crippen LogP) is 3.06. The Morgan fingerprint density at radius 3 is 2.52 bits per heavy atom. The Kier molecular flexibility index (Phi) is 6.06. The molecular weight excluding hydrogens is 398 g/mol. The van der Waals surface area contributed by atoms with Crippen molar-refractivity contribution in [2.24, 2.45) is 0 Å². The van der Waals surface area contributed by atoms with Crippen molar-refractivity contribution in [1.82, 2.24) is 14.5 Å². The van der Waals surface area contributed by atoms with Gasteiger partial charge in [-0.25, -0.2) is 9.78 Å². The summed E-state index contributed by atoms with van der Waals surface area (Å²) < 4.78 is 18.0. The number of nitrogens with zero attached hydrogens (tertiary/aromatic N) is 3. The van der Waals surface area contributed by atoms with Gasteiger partial charge in [-0.05, 0) is 11.6 Å². The van der Waals surface area contributed by atoms with Crippen molar-refractivity contribution >= 4 is 17.0 Å². The Labute approximate surface area is 180 Å². The van der Waals surface area contributed by atoms with Crippen LogP contribution in [0.4, 0.5) is 4.79 Å². The first-order valence-corrected chi connectivity index (χ1v) is 10.2. The van der Waals surface area contributed by atoms with E-state index in [0.29, 0.717) is 54.9 Å². The standard InChI is InChI=1S/C23H25N3O5/c1-29-20-13-19-18(22(27)26(15-24-19)14-16-6-4-3-5-7-16)12-21(20)31-17-8-10-25(11-9-17)23(28)30-2/h3-7,12-13,15,17H,8-11,14H2,1-2H3. The van der Waals surface area contributed by atoms with Crippen LogP contribution in [0.5, 0.6) is 11.5 Å². The third-order valence-corrected chi connectivity index (χ3v) is 5.47. The van der Waals surface area contributed by atoms with E-state index in [0.717, 1.165) is 5.56 Å². The van der Waals surface area contributed by atoms with E-state index in [-0.39, 0.29) is 17.8 Å². The van der Waals surface area contributed by atoms with Crippen molar-refractivity contribution in [2.75, 3.05) is 27.3 Å².